The van der Waals surface area contributed by atoms with Crippen LogP contribution in [-0.4, -0.2) is 52.7 Å². The van der Waals surface area contributed by atoms with E-state index in [1.165, 1.54) is 4.90 Å². The number of nitrogens with zero attached hydrogens (tertiary/aromatic N) is 2. The van der Waals surface area contributed by atoms with Crippen LogP contribution in [0.2, 0.25) is 0 Å². The SMILES string of the molecule is CCN(CC(N)=O)C(=O)C1CC(C(=O)O)=NO1. The highest BCUT2D eigenvalue weighted by Gasteiger charge is 2.34. The van der Waals surface area contributed by atoms with Gasteiger partial charge in [0.05, 0.1) is 6.54 Å². The van der Waals surface area contributed by atoms with Gasteiger partial charge in [0.2, 0.25) is 12.0 Å². The lowest BCUT2D eigenvalue weighted by atomic mass is 10.1. The molecule has 17 heavy (non-hydrogen) atoms. The summed E-state index contributed by atoms with van der Waals surface area (Å²) in [5.74, 6) is -2.36. The van der Waals surface area contributed by atoms with E-state index in [-0.39, 0.29) is 25.2 Å². The lowest BCUT2D eigenvalue weighted by molar-refractivity contribution is -0.144. The van der Waals surface area contributed by atoms with Gasteiger partial charge in [-0.1, -0.05) is 5.16 Å². The Hall–Kier alpha value is -2.12. The molecule has 0 radical (unpaired) electrons. The fourth-order valence-electron chi connectivity index (χ4n) is 1.37. The van der Waals surface area contributed by atoms with Crippen LogP contribution in [0, 0.1) is 0 Å². The summed E-state index contributed by atoms with van der Waals surface area (Å²) in [6, 6.07) is 0. The molecule has 8 heteroatoms. The van der Waals surface area contributed by atoms with Gasteiger partial charge in [-0.25, -0.2) is 4.79 Å². The van der Waals surface area contributed by atoms with Crippen LogP contribution in [0.15, 0.2) is 5.16 Å². The van der Waals surface area contributed by atoms with E-state index in [1.807, 2.05) is 0 Å². The largest absolute Gasteiger partial charge is 0.477 e. The highest BCUT2D eigenvalue weighted by Crippen LogP contribution is 2.13. The lowest BCUT2D eigenvalue weighted by Gasteiger charge is -2.21. The molecule has 0 fully saturated rings. The highest BCUT2D eigenvalue weighted by atomic mass is 16.6. The van der Waals surface area contributed by atoms with Crippen molar-refractivity contribution in [3.63, 3.8) is 0 Å². The van der Waals surface area contributed by atoms with E-state index in [0.717, 1.165) is 0 Å². The van der Waals surface area contributed by atoms with Crippen LogP contribution >= 0.6 is 0 Å². The summed E-state index contributed by atoms with van der Waals surface area (Å²) in [7, 11) is 0. The van der Waals surface area contributed by atoms with Gasteiger partial charge in [0.15, 0.2) is 5.71 Å². The number of aliphatic carboxylic acids is 1. The number of amides is 2. The van der Waals surface area contributed by atoms with Crippen LogP contribution in [0.4, 0.5) is 0 Å². The number of primary amides is 1. The molecule has 0 aromatic carbocycles. The second-order valence-corrected chi connectivity index (χ2v) is 3.46. The van der Waals surface area contributed by atoms with Crippen LogP contribution < -0.4 is 5.73 Å². The van der Waals surface area contributed by atoms with E-state index < -0.39 is 23.9 Å². The number of likely N-dealkylation sites (N-methyl/N-ethyl adjacent to an activating group) is 1. The fourth-order valence-corrected chi connectivity index (χ4v) is 1.37. The molecule has 0 aromatic heterocycles. The van der Waals surface area contributed by atoms with Crippen molar-refractivity contribution in [1.29, 1.82) is 0 Å². The summed E-state index contributed by atoms with van der Waals surface area (Å²) in [6.45, 7) is 1.73. The summed E-state index contributed by atoms with van der Waals surface area (Å²) >= 11 is 0. The van der Waals surface area contributed by atoms with Gasteiger partial charge in [0.1, 0.15) is 0 Å². The number of carboxylic acid groups (broad SMARTS) is 1. The normalized spacial score (nSPS) is 18.2. The van der Waals surface area contributed by atoms with E-state index in [0.29, 0.717) is 0 Å². The number of carboxylic acids is 1. The maximum absolute atomic E-state index is 11.8. The molecule has 0 saturated carbocycles. The summed E-state index contributed by atoms with van der Waals surface area (Å²) in [5, 5.41) is 11.9. The van der Waals surface area contributed by atoms with Gasteiger partial charge in [0.25, 0.3) is 5.91 Å². The van der Waals surface area contributed by atoms with Gasteiger partial charge in [-0.3, -0.25) is 9.59 Å². The monoisotopic (exact) mass is 243 g/mol. The predicted octanol–water partition coefficient (Wildman–Crippen LogP) is -1.45. The highest BCUT2D eigenvalue weighted by molar-refractivity contribution is 6.36. The molecule has 0 aliphatic carbocycles. The number of carbonyl (C=O) groups excluding carboxylic acids is 2. The van der Waals surface area contributed by atoms with E-state index in [1.54, 1.807) is 6.92 Å². The second kappa shape index (κ2) is 5.28. The van der Waals surface area contributed by atoms with E-state index >= 15 is 0 Å². The smallest absolute Gasteiger partial charge is 0.353 e. The first kappa shape index (κ1) is 12.9. The van der Waals surface area contributed by atoms with Crippen LogP contribution in [-0.2, 0) is 19.2 Å². The molecule has 1 unspecified atom stereocenters. The Bertz CT molecular complexity index is 379. The Morgan fingerprint density at radius 2 is 2.24 bits per heavy atom. The van der Waals surface area contributed by atoms with Crippen molar-refractivity contribution in [2.24, 2.45) is 10.9 Å². The molecule has 1 heterocycles. The van der Waals surface area contributed by atoms with Crippen molar-refractivity contribution in [3.05, 3.63) is 0 Å². The van der Waals surface area contributed by atoms with Crippen LogP contribution in [0.5, 0.6) is 0 Å². The third kappa shape index (κ3) is 3.16. The van der Waals surface area contributed by atoms with Crippen molar-refractivity contribution in [2.45, 2.75) is 19.4 Å². The zero-order valence-electron chi connectivity index (χ0n) is 9.25. The van der Waals surface area contributed by atoms with Crippen molar-refractivity contribution in [3.8, 4) is 0 Å². The maximum atomic E-state index is 11.8. The number of nitrogens with two attached hydrogens (primary N) is 1. The van der Waals surface area contributed by atoms with E-state index in [2.05, 4.69) is 5.16 Å². The Balaban J connectivity index is 2.60. The molecular weight excluding hydrogens is 230 g/mol. The van der Waals surface area contributed by atoms with Gasteiger partial charge < -0.3 is 20.6 Å². The zero-order valence-corrected chi connectivity index (χ0v) is 9.25. The number of hydrogen-bond donors (Lipinski definition) is 2. The fraction of sp³-hybridized carbons (Fsp3) is 0.556. The Morgan fingerprint density at radius 3 is 2.65 bits per heavy atom. The van der Waals surface area contributed by atoms with Gasteiger partial charge >= 0.3 is 5.97 Å². The lowest BCUT2D eigenvalue weighted by Crippen LogP contribution is -2.43. The number of hydrogen-bond acceptors (Lipinski definition) is 5. The van der Waals surface area contributed by atoms with Gasteiger partial charge in [-0.2, -0.15) is 0 Å². The van der Waals surface area contributed by atoms with Crippen LogP contribution in [0.1, 0.15) is 13.3 Å². The molecule has 3 N–H and O–H groups in total. The van der Waals surface area contributed by atoms with Crippen molar-refractivity contribution >= 4 is 23.5 Å². The molecule has 0 saturated heterocycles. The minimum atomic E-state index is -1.22. The number of rotatable bonds is 5. The van der Waals surface area contributed by atoms with Crippen molar-refractivity contribution in [2.75, 3.05) is 13.1 Å². The molecule has 1 aliphatic heterocycles. The third-order valence-corrected chi connectivity index (χ3v) is 2.23. The predicted molar refractivity (Wildman–Crippen MR) is 56.0 cm³/mol. The molecular formula is C9H13N3O5. The third-order valence-electron chi connectivity index (χ3n) is 2.23. The first-order valence-electron chi connectivity index (χ1n) is 4.98. The molecule has 0 aromatic rings. The molecule has 0 spiro atoms. The van der Waals surface area contributed by atoms with Crippen LogP contribution in [0.3, 0.4) is 0 Å². The van der Waals surface area contributed by atoms with Crippen molar-refractivity contribution in [1.82, 2.24) is 4.90 Å². The molecule has 1 rings (SSSR count). The maximum Gasteiger partial charge on any atom is 0.353 e. The molecule has 0 bridgehead atoms. The number of oxime groups is 1. The quantitative estimate of drug-likeness (QED) is 0.611. The summed E-state index contributed by atoms with van der Waals surface area (Å²) in [6.07, 6.45) is -1.09. The summed E-state index contributed by atoms with van der Waals surface area (Å²) < 4.78 is 0. The molecule has 2 amide bonds. The second-order valence-electron chi connectivity index (χ2n) is 3.46. The summed E-state index contributed by atoms with van der Waals surface area (Å²) in [5.41, 5.74) is 4.77. The standard InChI is InChI=1S/C9H13N3O5/c1-2-12(4-7(10)13)8(14)6-3-5(9(15)16)11-17-6/h6H,2-4H2,1H3,(H2,10,13)(H,15,16). The Labute approximate surface area is 97.0 Å². The van der Waals surface area contributed by atoms with Crippen LogP contribution in [0.25, 0.3) is 0 Å². The van der Waals surface area contributed by atoms with Gasteiger partial charge in [-0.15, -0.1) is 0 Å². The van der Waals surface area contributed by atoms with Gasteiger partial charge in [0, 0.05) is 13.0 Å². The van der Waals surface area contributed by atoms with E-state index in [9.17, 15) is 14.4 Å². The van der Waals surface area contributed by atoms with Gasteiger partial charge in [-0.05, 0) is 6.92 Å². The summed E-state index contributed by atoms with van der Waals surface area (Å²) in [4.78, 5) is 39.0. The first-order valence-corrected chi connectivity index (χ1v) is 4.98. The van der Waals surface area contributed by atoms with E-state index in [4.69, 9.17) is 15.7 Å². The van der Waals surface area contributed by atoms with Crippen molar-refractivity contribution < 1.29 is 24.3 Å². The average molecular weight is 243 g/mol. The average Bonchev–Trinajstić information content (AvgIpc) is 2.73. The number of carbonyl (C=O) groups is 3. The molecule has 1 atom stereocenters. The minimum absolute atomic E-state index is 0.108. The Kier molecular flexibility index (Phi) is 4.02. The topological polar surface area (TPSA) is 122 Å². The zero-order chi connectivity index (χ0) is 13.0. The molecule has 1 aliphatic rings. The Morgan fingerprint density at radius 1 is 1.59 bits per heavy atom. The molecule has 94 valence electrons. The first-order chi connectivity index (χ1) is 7.95. The minimum Gasteiger partial charge on any atom is -0.477 e. The molecule has 8 nitrogen and oxygen atoms in total.